The van der Waals surface area contributed by atoms with E-state index in [1.807, 2.05) is 12.4 Å². The molecule has 1 heterocycles. The Labute approximate surface area is 85.7 Å². The van der Waals surface area contributed by atoms with Gasteiger partial charge in [0.15, 0.2) is 0 Å². The van der Waals surface area contributed by atoms with Gasteiger partial charge in [0.05, 0.1) is 0 Å². The Balaban J connectivity index is 1.86. The summed E-state index contributed by atoms with van der Waals surface area (Å²) in [5, 5.41) is 3.57. The molecule has 0 spiro atoms. The number of pyridine rings is 1. The normalized spacial score (nSPS) is 20.4. The summed E-state index contributed by atoms with van der Waals surface area (Å²) in [5.74, 6) is 0. The van der Waals surface area contributed by atoms with Gasteiger partial charge in [0.25, 0.3) is 0 Å². The first kappa shape index (κ1) is 9.66. The average Bonchev–Trinajstić information content (AvgIpc) is 2.95. The lowest BCUT2D eigenvalue weighted by Crippen LogP contribution is -2.25. The second kappa shape index (κ2) is 3.70. The molecule has 1 N–H and O–H groups in total. The fraction of sp³-hybridized carbons (Fsp3) is 0.583. The summed E-state index contributed by atoms with van der Waals surface area (Å²) in [5.41, 5.74) is 1.91. The van der Waals surface area contributed by atoms with Gasteiger partial charge in [-0.15, -0.1) is 0 Å². The molecule has 1 atom stereocenters. The molecule has 0 saturated heterocycles. The molecule has 14 heavy (non-hydrogen) atoms. The summed E-state index contributed by atoms with van der Waals surface area (Å²) in [6, 6.07) is 4.59. The maximum Gasteiger partial charge on any atom is 0.0293 e. The van der Waals surface area contributed by atoms with Crippen LogP contribution in [0, 0.1) is 5.41 Å². The Bertz CT molecular complexity index is 290. The molecule has 2 heteroatoms. The van der Waals surface area contributed by atoms with E-state index in [0.717, 1.165) is 6.54 Å². The summed E-state index contributed by atoms with van der Waals surface area (Å²) in [6.45, 7) is 5.69. The van der Waals surface area contributed by atoms with E-state index in [9.17, 15) is 0 Å². The molecule has 76 valence electrons. The summed E-state index contributed by atoms with van der Waals surface area (Å²) in [4.78, 5) is 4.02. The van der Waals surface area contributed by atoms with Gasteiger partial charge < -0.3 is 5.32 Å². The van der Waals surface area contributed by atoms with Crippen LogP contribution in [0.3, 0.4) is 0 Å². The van der Waals surface area contributed by atoms with Crippen molar-refractivity contribution in [3.63, 3.8) is 0 Å². The van der Waals surface area contributed by atoms with E-state index in [0.29, 0.717) is 11.5 Å². The molecular formula is C12H18N2. The molecule has 1 saturated carbocycles. The molecule has 1 fully saturated rings. The van der Waals surface area contributed by atoms with Crippen LogP contribution in [-0.2, 0) is 0 Å². The van der Waals surface area contributed by atoms with Crippen LogP contribution in [0.4, 0.5) is 0 Å². The summed E-state index contributed by atoms with van der Waals surface area (Å²) in [7, 11) is 0. The third kappa shape index (κ3) is 2.32. The second-order valence-corrected chi connectivity index (χ2v) is 4.69. The molecule has 1 aliphatic rings. The molecule has 2 rings (SSSR count). The van der Waals surface area contributed by atoms with Crippen molar-refractivity contribution in [1.29, 1.82) is 0 Å². The minimum Gasteiger partial charge on any atom is -0.310 e. The zero-order chi connectivity index (χ0) is 10.0. The molecule has 0 aliphatic heterocycles. The molecule has 2 nitrogen and oxygen atoms in total. The van der Waals surface area contributed by atoms with Crippen LogP contribution in [0.25, 0.3) is 0 Å². The number of nitrogens with zero attached hydrogens (tertiary/aromatic N) is 1. The van der Waals surface area contributed by atoms with E-state index in [2.05, 4.69) is 36.3 Å². The van der Waals surface area contributed by atoms with Gasteiger partial charge >= 0.3 is 0 Å². The Morgan fingerprint density at radius 1 is 1.43 bits per heavy atom. The zero-order valence-corrected chi connectivity index (χ0v) is 8.96. The Hall–Kier alpha value is -0.890. The Kier molecular flexibility index (Phi) is 2.55. The highest BCUT2D eigenvalue weighted by molar-refractivity contribution is 5.14. The SMILES string of the molecule is CC(NCC1(C)CC1)c1ccncc1. The van der Waals surface area contributed by atoms with E-state index in [1.54, 1.807) is 0 Å². The van der Waals surface area contributed by atoms with E-state index >= 15 is 0 Å². The molecule has 0 amide bonds. The van der Waals surface area contributed by atoms with Crippen molar-refractivity contribution in [2.24, 2.45) is 5.41 Å². The highest BCUT2D eigenvalue weighted by atomic mass is 14.9. The van der Waals surface area contributed by atoms with Gasteiger partial charge in [-0.2, -0.15) is 0 Å². The minimum absolute atomic E-state index is 0.440. The van der Waals surface area contributed by atoms with Gasteiger partial charge in [-0.1, -0.05) is 6.92 Å². The van der Waals surface area contributed by atoms with Crippen molar-refractivity contribution in [2.75, 3.05) is 6.54 Å². The second-order valence-electron chi connectivity index (χ2n) is 4.69. The average molecular weight is 190 g/mol. The van der Waals surface area contributed by atoms with Gasteiger partial charge in [0.1, 0.15) is 0 Å². The minimum atomic E-state index is 0.440. The maximum atomic E-state index is 4.02. The molecule has 1 aromatic rings. The van der Waals surface area contributed by atoms with Crippen LogP contribution in [0.1, 0.15) is 38.3 Å². The number of rotatable bonds is 4. The molecule has 0 radical (unpaired) electrons. The van der Waals surface area contributed by atoms with Crippen molar-refractivity contribution in [1.82, 2.24) is 10.3 Å². The van der Waals surface area contributed by atoms with Crippen LogP contribution in [0.2, 0.25) is 0 Å². The number of nitrogens with one attached hydrogen (secondary N) is 1. The van der Waals surface area contributed by atoms with Gasteiger partial charge in [0.2, 0.25) is 0 Å². The summed E-state index contributed by atoms with van der Waals surface area (Å²) in [6.07, 6.45) is 6.46. The fourth-order valence-corrected chi connectivity index (χ4v) is 1.56. The van der Waals surface area contributed by atoms with Gasteiger partial charge in [-0.25, -0.2) is 0 Å². The Morgan fingerprint density at radius 3 is 2.64 bits per heavy atom. The zero-order valence-electron chi connectivity index (χ0n) is 8.96. The maximum absolute atomic E-state index is 4.02. The quantitative estimate of drug-likeness (QED) is 0.789. The van der Waals surface area contributed by atoms with Crippen molar-refractivity contribution in [2.45, 2.75) is 32.7 Å². The molecule has 1 unspecified atom stereocenters. The van der Waals surface area contributed by atoms with E-state index < -0.39 is 0 Å². The summed E-state index contributed by atoms with van der Waals surface area (Å²) >= 11 is 0. The number of hydrogen-bond acceptors (Lipinski definition) is 2. The smallest absolute Gasteiger partial charge is 0.0293 e. The third-order valence-corrected chi connectivity index (χ3v) is 3.14. The molecular weight excluding hydrogens is 172 g/mol. The van der Waals surface area contributed by atoms with E-state index in [-0.39, 0.29) is 0 Å². The largest absolute Gasteiger partial charge is 0.310 e. The predicted molar refractivity (Wildman–Crippen MR) is 58.0 cm³/mol. The van der Waals surface area contributed by atoms with E-state index in [1.165, 1.54) is 18.4 Å². The van der Waals surface area contributed by atoms with Gasteiger partial charge in [0, 0.05) is 25.0 Å². The molecule has 1 aromatic heterocycles. The lowest BCUT2D eigenvalue weighted by atomic mass is 10.1. The number of aromatic nitrogens is 1. The van der Waals surface area contributed by atoms with Crippen LogP contribution in [0.15, 0.2) is 24.5 Å². The Morgan fingerprint density at radius 2 is 2.07 bits per heavy atom. The first-order valence-corrected chi connectivity index (χ1v) is 5.33. The van der Waals surface area contributed by atoms with Gasteiger partial charge in [-0.3, -0.25) is 4.98 Å². The van der Waals surface area contributed by atoms with Crippen LogP contribution in [0.5, 0.6) is 0 Å². The third-order valence-electron chi connectivity index (χ3n) is 3.14. The highest BCUT2D eigenvalue weighted by Crippen LogP contribution is 2.44. The van der Waals surface area contributed by atoms with Crippen molar-refractivity contribution >= 4 is 0 Å². The first-order valence-electron chi connectivity index (χ1n) is 5.33. The monoisotopic (exact) mass is 190 g/mol. The lowest BCUT2D eigenvalue weighted by molar-refractivity contribution is 0.457. The van der Waals surface area contributed by atoms with E-state index in [4.69, 9.17) is 0 Å². The highest BCUT2D eigenvalue weighted by Gasteiger charge is 2.36. The molecule has 1 aliphatic carbocycles. The standard InChI is InChI=1S/C12H18N2/c1-10(11-3-7-13-8-4-11)14-9-12(2)5-6-12/h3-4,7-8,10,14H,5-6,9H2,1-2H3. The number of hydrogen-bond donors (Lipinski definition) is 1. The molecule has 0 bridgehead atoms. The van der Waals surface area contributed by atoms with Crippen LogP contribution in [-0.4, -0.2) is 11.5 Å². The fourth-order valence-electron chi connectivity index (χ4n) is 1.56. The topological polar surface area (TPSA) is 24.9 Å². The predicted octanol–water partition coefficient (Wildman–Crippen LogP) is 2.53. The van der Waals surface area contributed by atoms with Crippen molar-refractivity contribution < 1.29 is 0 Å². The molecule has 0 aromatic carbocycles. The van der Waals surface area contributed by atoms with Crippen molar-refractivity contribution in [3.8, 4) is 0 Å². The van der Waals surface area contributed by atoms with Gasteiger partial charge in [-0.05, 0) is 42.9 Å². The summed E-state index contributed by atoms with van der Waals surface area (Å²) < 4.78 is 0. The van der Waals surface area contributed by atoms with Crippen LogP contribution >= 0.6 is 0 Å². The first-order chi connectivity index (χ1) is 6.70. The van der Waals surface area contributed by atoms with Crippen LogP contribution < -0.4 is 5.32 Å². The lowest BCUT2D eigenvalue weighted by Gasteiger charge is -2.16. The van der Waals surface area contributed by atoms with Crippen molar-refractivity contribution in [3.05, 3.63) is 30.1 Å².